The molecule has 1 aromatic rings. The summed E-state index contributed by atoms with van der Waals surface area (Å²) in [6.45, 7) is 1.50. The highest BCUT2D eigenvalue weighted by Gasteiger charge is 2.06. The van der Waals surface area contributed by atoms with Crippen molar-refractivity contribution >= 4 is 22.8 Å². The number of rotatable bonds is 4. The van der Waals surface area contributed by atoms with Gasteiger partial charge in [-0.1, -0.05) is 30.0 Å². The second-order valence-corrected chi connectivity index (χ2v) is 4.31. The molecule has 15 heavy (non-hydrogen) atoms. The van der Waals surface area contributed by atoms with E-state index in [0.717, 1.165) is 22.2 Å². The first-order valence-electron chi connectivity index (χ1n) is 4.57. The summed E-state index contributed by atoms with van der Waals surface area (Å²) in [5.41, 5.74) is 0.917. The first kappa shape index (κ1) is 11.8. The zero-order valence-electron chi connectivity index (χ0n) is 8.40. The van der Waals surface area contributed by atoms with Crippen LogP contribution in [0.1, 0.15) is 18.9 Å². The maximum absolute atomic E-state index is 11.0. The molecule has 0 spiro atoms. The number of hydrogen-bond donors (Lipinski definition) is 1. The van der Waals surface area contributed by atoms with Crippen LogP contribution in [0.5, 0.6) is 0 Å². The van der Waals surface area contributed by atoms with Gasteiger partial charge in [-0.15, -0.1) is 0 Å². The summed E-state index contributed by atoms with van der Waals surface area (Å²) < 4.78 is 0. The minimum Gasteiger partial charge on any atom is -0.481 e. The summed E-state index contributed by atoms with van der Waals surface area (Å²) in [6.07, 6.45) is 0.557. The van der Waals surface area contributed by atoms with Crippen LogP contribution in [0.2, 0.25) is 0 Å². The molecule has 0 aliphatic heterocycles. The number of carboxylic acids is 1. The van der Waals surface area contributed by atoms with Gasteiger partial charge >= 0.3 is 5.97 Å². The molecule has 0 heterocycles. The van der Waals surface area contributed by atoms with E-state index in [1.807, 2.05) is 24.3 Å². The number of aryl methyl sites for hydroxylation is 1. The summed E-state index contributed by atoms with van der Waals surface area (Å²) in [7, 11) is 0. The fraction of sp³-hybridized carbons (Fsp3) is 0.273. The van der Waals surface area contributed by atoms with Crippen molar-refractivity contribution in [1.82, 2.24) is 0 Å². The lowest BCUT2D eigenvalue weighted by Crippen LogP contribution is -1.99. The van der Waals surface area contributed by atoms with E-state index in [0.29, 0.717) is 6.42 Å². The van der Waals surface area contributed by atoms with Crippen molar-refractivity contribution in [3.05, 3.63) is 29.8 Å². The molecular formula is C11H12O3S. The monoisotopic (exact) mass is 224 g/mol. The SMILES string of the molecule is CC(=O)Sc1ccccc1CCC(=O)O. The fourth-order valence-corrected chi connectivity index (χ4v) is 1.96. The Morgan fingerprint density at radius 2 is 2.00 bits per heavy atom. The van der Waals surface area contributed by atoms with Gasteiger partial charge in [0.1, 0.15) is 0 Å². The van der Waals surface area contributed by atoms with Crippen LogP contribution < -0.4 is 0 Å². The molecule has 0 aromatic heterocycles. The number of aliphatic carboxylic acids is 1. The second-order valence-electron chi connectivity index (χ2n) is 3.10. The highest BCUT2D eigenvalue weighted by Crippen LogP contribution is 2.24. The highest BCUT2D eigenvalue weighted by molar-refractivity contribution is 8.13. The van der Waals surface area contributed by atoms with Crippen LogP contribution in [0.25, 0.3) is 0 Å². The molecule has 4 heteroatoms. The summed E-state index contributed by atoms with van der Waals surface area (Å²) in [4.78, 5) is 22.2. The van der Waals surface area contributed by atoms with Gasteiger partial charge in [0.15, 0.2) is 5.12 Å². The van der Waals surface area contributed by atoms with Crippen LogP contribution in [0.15, 0.2) is 29.2 Å². The van der Waals surface area contributed by atoms with E-state index in [1.165, 1.54) is 6.92 Å². The van der Waals surface area contributed by atoms with Crippen LogP contribution in [-0.2, 0) is 16.0 Å². The van der Waals surface area contributed by atoms with Gasteiger partial charge in [0.05, 0.1) is 0 Å². The van der Waals surface area contributed by atoms with Gasteiger partial charge < -0.3 is 5.11 Å². The topological polar surface area (TPSA) is 54.4 Å². The van der Waals surface area contributed by atoms with Gasteiger partial charge in [-0.25, -0.2) is 0 Å². The molecule has 0 aliphatic rings. The Morgan fingerprint density at radius 3 is 2.60 bits per heavy atom. The van der Waals surface area contributed by atoms with E-state index in [-0.39, 0.29) is 11.5 Å². The number of hydrogen-bond acceptors (Lipinski definition) is 3. The number of carboxylic acid groups (broad SMARTS) is 1. The predicted molar refractivity (Wildman–Crippen MR) is 58.9 cm³/mol. The zero-order chi connectivity index (χ0) is 11.3. The van der Waals surface area contributed by atoms with Crippen LogP contribution in [-0.4, -0.2) is 16.2 Å². The largest absolute Gasteiger partial charge is 0.481 e. The lowest BCUT2D eigenvalue weighted by Gasteiger charge is -2.05. The molecule has 0 atom stereocenters. The van der Waals surface area contributed by atoms with Crippen LogP contribution in [0, 0.1) is 0 Å². The molecular weight excluding hydrogens is 212 g/mol. The van der Waals surface area contributed by atoms with E-state index < -0.39 is 5.97 Å². The molecule has 0 fully saturated rings. The Balaban J connectivity index is 2.76. The fourth-order valence-electron chi connectivity index (χ4n) is 1.21. The van der Waals surface area contributed by atoms with Gasteiger partial charge in [0.25, 0.3) is 0 Å². The third-order valence-electron chi connectivity index (χ3n) is 1.83. The van der Waals surface area contributed by atoms with Crippen molar-refractivity contribution in [2.24, 2.45) is 0 Å². The van der Waals surface area contributed by atoms with Gasteiger partial charge in [-0.05, 0) is 18.1 Å². The Hall–Kier alpha value is -1.29. The number of thioether (sulfide) groups is 1. The van der Waals surface area contributed by atoms with Gasteiger partial charge in [-0.3, -0.25) is 9.59 Å². The highest BCUT2D eigenvalue weighted by atomic mass is 32.2. The standard InChI is InChI=1S/C11H12O3S/c1-8(12)15-10-5-3-2-4-9(10)6-7-11(13)14/h2-5H,6-7H2,1H3,(H,13,14). The molecule has 80 valence electrons. The Kier molecular flexibility index (Phi) is 4.37. The first-order valence-corrected chi connectivity index (χ1v) is 5.39. The molecule has 1 rings (SSSR count). The molecule has 0 unspecified atom stereocenters. The number of benzene rings is 1. The van der Waals surface area contributed by atoms with E-state index in [2.05, 4.69) is 0 Å². The molecule has 0 radical (unpaired) electrons. The van der Waals surface area contributed by atoms with Crippen molar-refractivity contribution in [3.8, 4) is 0 Å². The average molecular weight is 224 g/mol. The number of carbonyl (C=O) groups excluding carboxylic acids is 1. The van der Waals surface area contributed by atoms with Crippen LogP contribution in [0.4, 0.5) is 0 Å². The van der Waals surface area contributed by atoms with Gasteiger partial charge in [0, 0.05) is 18.2 Å². The lowest BCUT2D eigenvalue weighted by atomic mass is 10.1. The normalized spacial score (nSPS) is 9.93. The maximum Gasteiger partial charge on any atom is 0.303 e. The van der Waals surface area contributed by atoms with Crippen molar-refractivity contribution in [2.45, 2.75) is 24.7 Å². The van der Waals surface area contributed by atoms with Gasteiger partial charge in [0.2, 0.25) is 0 Å². The molecule has 0 aliphatic carbocycles. The Morgan fingerprint density at radius 1 is 1.33 bits per heavy atom. The quantitative estimate of drug-likeness (QED) is 0.797. The smallest absolute Gasteiger partial charge is 0.303 e. The molecule has 1 N–H and O–H groups in total. The van der Waals surface area contributed by atoms with Crippen molar-refractivity contribution in [3.63, 3.8) is 0 Å². The summed E-state index contributed by atoms with van der Waals surface area (Å²) >= 11 is 1.14. The summed E-state index contributed by atoms with van der Waals surface area (Å²) in [5, 5.41) is 8.59. The third kappa shape index (κ3) is 4.16. The summed E-state index contributed by atoms with van der Waals surface area (Å²) in [5.74, 6) is -0.822. The Labute approximate surface area is 92.5 Å². The first-order chi connectivity index (χ1) is 7.09. The third-order valence-corrected chi connectivity index (χ3v) is 2.74. The lowest BCUT2D eigenvalue weighted by molar-refractivity contribution is -0.137. The predicted octanol–water partition coefficient (Wildman–Crippen LogP) is 2.34. The molecule has 3 nitrogen and oxygen atoms in total. The van der Waals surface area contributed by atoms with Crippen molar-refractivity contribution in [2.75, 3.05) is 0 Å². The number of carbonyl (C=O) groups is 2. The van der Waals surface area contributed by atoms with E-state index in [9.17, 15) is 9.59 Å². The molecule has 0 saturated carbocycles. The molecule has 0 saturated heterocycles. The zero-order valence-corrected chi connectivity index (χ0v) is 9.21. The Bertz CT molecular complexity index is 374. The van der Waals surface area contributed by atoms with Crippen molar-refractivity contribution in [1.29, 1.82) is 0 Å². The van der Waals surface area contributed by atoms with Crippen LogP contribution in [0.3, 0.4) is 0 Å². The molecule has 0 bridgehead atoms. The van der Waals surface area contributed by atoms with E-state index in [1.54, 1.807) is 0 Å². The minimum atomic E-state index is -0.822. The molecule has 0 amide bonds. The van der Waals surface area contributed by atoms with Crippen molar-refractivity contribution < 1.29 is 14.7 Å². The maximum atomic E-state index is 11.0. The average Bonchev–Trinajstić information content (AvgIpc) is 2.15. The van der Waals surface area contributed by atoms with E-state index in [4.69, 9.17) is 5.11 Å². The molecule has 1 aromatic carbocycles. The van der Waals surface area contributed by atoms with E-state index >= 15 is 0 Å². The van der Waals surface area contributed by atoms with Crippen LogP contribution >= 0.6 is 11.8 Å². The van der Waals surface area contributed by atoms with Gasteiger partial charge in [-0.2, -0.15) is 0 Å². The minimum absolute atomic E-state index is 0.0118. The second kappa shape index (κ2) is 5.56. The summed E-state index contributed by atoms with van der Waals surface area (Å²) in [6, 6.07) is 7.38.